The van der Waals surface area contributed by atoms with Crippen molar-refractivity contribution in [3.05, 3.63) is 46.6 Å². The van der Waals surface area contributed by atoms with Crippen LogP contribution >= 0.6 is 11.6 Å². The summed E-state index contributed by atoms with van der Waals surface area (Å²) in [5, 5.41) is 9.11. The summed E-state index contributed by atoms with van der Waals surface area (Å²) in [6, 6.07) is 5.39. The minimum absolute atomic E-state index is 0.211. The summed E-state index contributed by atoms with van der Waals surface area (Å²) in [7, 11) is 0. The van der Waals surface area contributed by atoms with E-state index in [0.29, 0.717) is 18.3 Å². The lowest BCUT2D eigenvalue weighted by Gasteiger charge is -2.23. The van der Waals surface area contributed by atoms with Crippen LogP contribution < -0.4 is 16.0 Å². The Morgan fingerprint density at radius 1 is 1.42 bits per heavy atom. The normalized spacial score (nSPS) is 17.5. The molecule has 1 aliphatic heterocycles. The van der Waals surface area contributed by atoms with Gasteiger partial charge in [0.2, 0.25) is 5.28 Å². The number of nitrogens with two attached hydrogens (primary N) is 1. The molecule has 0 bridgehead atoms. The summed E-state index contributed by atoms with van der Waals surface area (Å²) in [6.07, 6.45) is 3.98. The molecule has 128 valence electrons. The molecule has 2 heterocycles. The van der Waals surface area contributed by atoms with Gasteiger partial charge in [-0.25, -0.2) is 14.4 Å². The molecule has 0 amide bonds. The maximum atomic E-state index is 14.0. The fraction of sp³-hybridized carbons (Fsp3) is 0.412. The summed E-state index contributed by atoms with van der Waals surface area (Å²) in [6.45, 7) is 4.49. The fourth-order valence-corrected chi connectivity index (χ4v) is 3.08. The molecule has 4 N–H and O–H groups in total. The van der Waals surface area contributed by atoms with Gasteiger partial charge in [-0.15, -0.1) is 0 Å². The minimum atomic E-state index is -0.263. The average molecular weight is 351 g/mol. The van der Waals surface area contributed by atoms with E-state index in [-0.39, 0.29) is 11.1 Å². The Labute approximate surface area is 146 Å². The summed E-state index contributed by atoms with van der Waals surface area (Å²) in [5.41, 5.74) is 2.23. The van der Waals surface area contributed by atoms with Gasteiger partial charge in [0.25, 0.3) is 0 Å². The van der Waals surface area contributed by atoms with Gasteiger partial charge in [0.1, 0.15) is 11.6 Å². The number of quaternary nitrogens is 1. The number of piperidine rings is 1. The van der Waals surface area contributed by atoms with Crippen molar-refractivity contribution in [1.29, 1.82) is 0 Å². The van der Waals surface area contributed by atoms with Crippen molar-refractivity contribution in [2.75, 3.05) is 23.7 Å². The predicted molar refractivity (Wildman–Crippen MR) is 93.8 cm³/mol. The average Bonchev–Trinajstić information content (AvgIpc) is 2.57. The molecule has 0 spiro atoms. The Kier molecular flexibility index (Phi) is 5.48. The number of nitrogens with zero attached hydrogens (tertiary/aromatic N) is 2. The van der Waals surface area contributed by atoms with E-state index in [0.717, 1.165) is 29.9 Å². The van der Waals surface area contributed by atoms with Gasteiger partial charge in [-0.1, -0.05) is 12.1 Å². The molecular formula is C17H22ClFN5+. The zero-order chi connectivity index (χ0) is 16.9. The summed E-state index contributed by atoms with van der Waals surface area (Å²) in [5.74, 6) is 0.457. The zero-order valence-electron chi connectivity index (χ0n) is 13.6. The number of rotatable bonds is 5. The van der Waals surface area contributed by atoms with Crippen LogP contribution in [0.4, 0.5) is 15.9 Å². The third-order valence-electron chi connectivity index (χ3n) is 4.27. The number of halogens is 2. The van der Waals surface area contributed by atoms with Crippen LogP contribution in [0.25, 0.3) is 0 Å². The lowest BCUT2D eigenvalue weighted by atomic mass is 10.1. The maximum Gasteiger partial charge on any atom is 0.224 e. The van der Waals surface area contributed by atoms with E-state index in [1.54, 1.807) is 12.3 Å². The zero-order valence-corrected chi connectivity index (χ0v) is 14.4. The molecule has 0 unspecified atom stereocenters. The predicted octanol–water partition coefficient (Wildman–Crippen LogP) is 2.33. The van der Waals surface area contributed by atoms with Gasteiger partial charge >= 0.3 is 0 Å². The third kappa shape index (κ3) is 4.13. The van der Waals surface area contributed by atoms with Crippen LogP contribution in [0.2, 0.25) is 5.28 Å². The lowest BCUT2D eigenvalue weighted by Crippen LogP contribution is -2.88. The van der Waals surface area contributed by atoms with Crippen molar-refractivity contribution < 1.29 is 9.71 Å². The number of anilines is 2. The summed E-state index contributed by atoms with van der Waals surface area (Å²) < 4.78 is 14.0. The molecule has 3 rings (SSSR count). The van der Waals surface area contributed by atoms with E-state index in [1.807, 2.05) is 13.0 Å². The molecule has 1 fully saturated rings. The highest BCUT2D eigenvalue weighted by Gasteiger charge is 2.18. The second-order valence-corrected chi connectivity index (χ2v) is 6.43. The van der Waals surface area contributed by atoms with E-state index in [2.05, 4.69) is 25.9 Å². The highest BCUT2D eigenvalue weighted by Crippen LogP contribution is 2.22. The molecule has 1 aromatic carbocycles. The van der Waals surface area contributed by atoms with Crippen LogP contribution in [0.1, 0.15) is 24.0 Å². The molecule has 1 aliphatic rings. The minimum Gasteiger partial charge on any atom is -0.378 e. The smallest absolute Gasteiger partial charge is 0.224 e. The van der Waals surface area contributed by atoms with Crippen LogP contribution in [0.5, 0.6) is 0 Å². The highest BCUT2D eigenvalue weighted by atomic mass is 35.5. The van der Waals surface area contributed by atoms with E-state index in [9.17, 15) is 4.39 Å². The Balaban J connectivity index is 1.75. The topological polar surface area (TPSA) is 66.5 Å². The van der Waals surface area contributed by atoms with Gasteiger partial charge in [-0.2, -0.15) is 0 Å². The third-order valence-corrected chi connectivity index (χ3v) is 4.45. The molecule has 0 radical (unpaired) electrons. The maximum absolute atomic E-state index is 14.0. The Bertz CT molecular complexity index is 683. The SMILES string of the molecule is Cc1cccc(F)c1NCc1cnc(Cl)nc1N[C@@H]1CCC[NH2+]C1. The standard InChI is InChI=1S/C17H21ClFN5/c1-11-4-2-6-14(19)15(11)21-8-12-9-22-17(18)24-16(12)23-13-5-3-7-20-10-13/h2,4,6,9,13,20-21H,3,5,7-8,10H2,1H3,(H,22,23,24)/p+1/t13-/m1/s1. The molecule has 5 nitrogen and oxygen atoms in total. The van der Waals surface area contributed by atoms with Crippen LogP contribution in [-0.2, 0) is 6.54 Å². The van der Waals surface area contributed by atoms with Gasteiger partial charge in [0.05, 0.1) is 24.8 Å². The largest absolute Gasteiger partial charge is 0.378 e. The van der Waals surface area contributed by atoms with Gasteiger partial charge in [0.15, 0.2) is 0 Å². The number of aromatic nitrogens is 2. The van der Waals surface area contributed by atoms with Crippen LogP contribution in [0.3, 0.4) is 0 Å². The highest BCUT2D eigenvalue weighted by molar-refractivity contribution is 6.28. The molecule has 2 aromatic rings. The van der Waals surface area contributed by atoms with Crippen molar-refractivity contribution in [3.63, 3.8) is 0 Å². The van der Waals surface area contributed by atoms with E-state index in [4.69, 9.17) is 11.6 Å². The number of nitrogens with one attached hydrogen (secondary N) is 2. The number of para-hydroxylation sites is 1. The second-order valence-electron chi connectivity index (χ2n) is 6.09. The Morgan fingerprint density at radius 2 is 2.29 bits per heavy atom. The van der Waals surface area contributed by atoms with Gasteiger partial charge in [-0.05, 0) is 43.0 Å². The second kappa shape index (κ2) is 7.77. The van der Waals surface area contributed by atoms with Gasteiger partial charge in [0, 0.05) is 18.3 Å². The van der Waals surface area contributed by atoms with Crippen molar-refractivity contribution in [3.8, 4) is 0 Å². The molecule has 0 saturated carbocycles. The van der Waals surface area contributed by atoms with Crippen molar-refractivity contribution in [2.45, 2.75) is 32.4 Å². The van der Waals surface area contributed by atoms with Crippen molar-refractivity contribution >= 4 is 23.1 Å². The molecular weight excluding hydrogens is 329 g/mol. The molecule has 1 aromatic heterocycles. The first kappa shape index (κ1) is 16.9. The van der Waals surface area contributed by atoms with E-state index in [1.165, 1.54) is 19.0 Å². The number of benzene rings is 1. The molecule has 1 atom stereocenters. The molecule has 24 heavy (non-hydrogen) atoms. The number of aryl methyl sites for hydroxylation is 1. The number of hydrogen-bond acceptors (Lipinski definition) is 4. The van der Waals surface area contributed by atoms with E-state index < -0.39 is 0 Å². The Hall–Kier alpha value is -1.92. The molecule has 1 saturated heterocycles. The first-order valence-corrected chi connectivity index (χ1v) is 8.60. The van der Waals surface area contributed by atoms with Crippen LogP contribution in [-0.4, -0.2) is 29.1 Å². The van der Waals surface area contributed by atoms with Gasteiger partial charge in [-0.3, -0.25) is 0 Å². The lowest BCUT2D eigenvalue weighted by molar-refractivity contribution is -0.663. The van der Waals surface area contributed by atoms with Crippen LogP contribution in [0, 0.1) is 12.7 Å². The molecule has 7 heteroatoms. The van der Waals surface area contributed by atoms with Crippen LogP contribution in [0.15, 0.2) is 24.4 Å². The molecule has 0 aliphatic carbocycles. The first-order valence-electron chi connectivity index (χ1n) is 8.22. The summed E-state index contributed by atoms with van der Waals surface area (Å²) >= 11 is 5.95. The fourth-order valence-electron chi connectivity index (χ4n) is 2.95. The van der Waals surface area contributed by atoms with Gasteiger partial charge < -0.3 is 16.0 Å². The summed E-state index contributed by atoms with van der Waals surface area (Å²) in [4.78, 5) is 8.38. The monoisotopic (exact) mass is 350 g/mol. The number of hydrogen-bond donors (Lipinski definition) is 3. The van der Waals surface area contributed by atoms with E-state index >= 15 is 0 Å². The van der Waals surface area contributed by atoms with Crippen molar-refractivity contribution in [1.82, 2.24) is 9.97 Å². The quantitative estimate of drug-likeness (QED) is 0.724. The Morgan fingerprint density at radius 3 is 3.04 bits per heavy atom. The first-order chi connectivity index (χ1) is 11.6. The van der Waals surface area contributed by atoms with Crippen molar-refractivity contribution in [2.24, 2.45) is 0 Å².